The van der Waals surface area contributed by atoms with E-state index in [9.17, 15) is 14.3 Å². The highest BCUT2D eigenvalue weighted by Crippen LogP contribution is 2.30. The number of halogens is 2. The molecular weight excluding hydrogens is 279 g/mol. The molecule has 16 heavy (non-hydrogen) atoms. The van der Waals surface area contributed by atoms with Crippen LogP contribution in [-0.4, -0.2) is 16.2 Å². The van der Waals surface area contributed by atoms with E-state index in [4.69, 9.17) is 5.11 Å². The standard InChI is InChI=1S/C11H12BrFO3/c1-6(4-10(14)15)11(16)8-3-2-7(13)5-9(8)12/h2-3,5-6,11,16H,4H2,1H3,(H,14,15). The maximum Gasteiger partial charge on any atom is 0.303 e. The Balaban J connectivity index is 2.87. The number of carboxylic acid groups (broad SMARTS) is 1. The third kappa shape index (κ3) is 3.28. The topological polar surface area (TPSA) is 57.5 Å². The molecule has 0 bridgehead atoms. The molecule has 0 aliphatic carbocycles. The summed E-state index contributed by atoms with van der Waals surface area (Å²) >= 11 is 3.13. The Morgan fingerprint density at radius 3 is 2.69 bits per heavy atom. The van der Waals surface area contributed by atoms with Crippen molar-refractivity contribution in [1.82, 2.24) is 0 Å². The Morgan fingerprint density at radius 1 is 1.56 bits per heavy atom. The molecule has 2 unspecified atom stereocenters. The maximum atomic E-state index is 12.8. The van der Waals surface area contributed by atoms with Crippen molar-refractivity contribution in [2.24, 2.45) is 5.92 Å². The average molecular weight is 291 g/mol. The molecular formula is C11H12BrFO3. The Hall–Kier alpha value is -0.940. The van der Waals surface area contributed by atoms with Crippen LogP contribution in [-0.2, 0) is 4.79 Å². The number of hydrogen-bond donors (Lipinski definition) is 2. The lowest BCUT2D eigenvalue weighted by atomic mass is 9.95. The molecule has 0 spiro atoms. The first-order valence-electron chi connectivity index (χ1n) is 4.76. The monoisotopic (exact) mass is 290 g/mol. The minimum atomic E-state index is -0.968. The van der Waals surface area contributed by atoms with E-state index in [0.29, 0.717) is 10.0 Å². The third-order valence-corrected chi connectivity index (χ3v) is 3.00. The van der Waals surface area contributed by atoms with Crippen LogP contribution in [0.2, 0.25) is 0 Å². The van der Waals surface area contributed by atoms with Gasteiger partial charge in [0, 0.05) is 4.47 Å². The average Bonchev–Trinajstić information content (AvgIpc) is 2.15. The number of rotatable bonds is 4. The summed E-state index contributed by atoms with van der Waals surface area (Å²) in [6.07, 6.45) is -1.06. The summed E-state index contributed by atoms with van der Waals surface area (Å²) in [7, 11) is 0. The highest BCUT2D eigenvalue weighted by molar-refractivity contribution is 9.10. The van der Waals surface area contributed by atoms with Crippen molar-refractivity contribution in [2.45, 2.75) is 19.4 Å². The first-order valence-corrected chi connectivity index (χ1v) is 5.56. The molecule has 0 fully saturated rings. The largest absolute Gasteiger partial charge is 0.481 e. The minimum absolute atomic E-state index is 0.134. The summed E-state index contributed by atoms with van der Waals surface area (Å²) < 4.78 is 13.3. The van der Waals surface area contributed by atoms with Gasteiger partial charge >= 0.3 is 5.97 Å². The molecule has 88 valence electrons. The molecule has 0 aromatic heterocycles. The zero-order valence-electron chi connectivity index (χ0n) is 8.65. The molecule has 0 saturated heterocycles. The lowest BCUT2D eigenvalue weighted by Crippen LogP contribution is -2.14. The number of carbonyl (C=O) groups is 1. The van der Waals surface area contributed by atoms with Crippen LogP contribution in [0.5, 0.6) is 0 Å². The van der Waals surface area contributed by atoms with Crippen LogP contribution in [0.4, 0.5) is 4.39 Å². The smallest absolute Gasteiger partial charge is 0.303 e. The van der Waals surface area contributed by atoms with Gasteiger partial charge in [-0.3, -0.25) is 4.79 Å². The van der Waals surface area contributed by atoms with Gasteiger partial charge in [0.25, 0.3) is 0 Å². The van der Waals surface area contributed by atoms with Crippen LogP contribution in [0, 0.1) is 11.7 Å². The number of benzene rings is 1. The quantitative estimate of drug-likeness (QED) is 0.896. The SMILES string of the molecule is CC(CC(=O)O)C(O)c1ccc(F)cc1Br. The fraction of sp³-hybridized carbons (Fsp3) is 0.364. The van der Waals surface area contributed by atoms with Crippen molar-refractivity contribution in [3.8, 4) is 0 Å². The Bertz CT molecular complexity index is 395. The van der Waals surface area contributed by atoms with Gasteiger partial charge in [0.05, 0.1) is 12.5 Å². The van der Waals surface area contributed by atoms with Gasteiger partial charge in [0.2, 0.25) is 0 Å². The molecule has 0 heterocycles. The predicted molar refractivity (Wildman–Crippen MR) is 60.5 cm³/mol. The van der Waals surface area contributed by atoms with Crippen LogP contribution in [0.1, 0.15) is 25.0 Å². The van der Waals surface area contributed by atoms with Gasteiger partial charge in [-0.25, -0.2) is 4.39 Å². The van der Waals surface area contributed by atoms with Gasteiger partial charge in [-0.15, -0.1) is 0 Å². The van der Waals surface area contributed by atoms with Crippen LogP contribution in [0.15, 0.2) is 22.7 Å². The van der Waals surface area contributed by atoms with Gasteiger partial charge in [-0.05, 0) is 23.6 Å². The fourth-order valence-electron chi connectivity index (χ4n) is 1.43. The highest BCUT2D eigenvalue weighted by Gasteiger charge is 2.21. The second kappa shape index (κ2) is 5.41. The number of carboxylic acids is 1. The molecule has 2 atom stereocenters. The number of aliphatic hydroxyl groups is 1. The second-order valence-electron chi connectivity index (χ2n) is 3.69. The van der Waals surface area contributed by atoms with E-state index >= 15 is 0 Å². The van der Waals surface area contributed by atoms with Gasteiger partial charge in [-0.1, -0.05) is 28.9 Å². The van der Waals surface area contributed by atoms with E-state index < -0.39 is 23.8 Å². The van der Waals surface area contributed by atoms with Crippen LogP contribution >= 0.6 is 15.9 Å². The van der Waals surface area contributed by atoms with Crippen molar-refractivity contribution in [1.29, 1.82) is 0 Å². The highest BCUT2D eigenvalue weighted by atomic mass is 79.9. The van der Waals surface area contributed by atoms with Crippen LogP contribution in [0.3, 0.4) is 0 Å². The maximum absolute atomic E-state index is 12.8. The molecule has 1 rings (SSSR count). The molecule has 0 aliphatic rings. The Kier molecular flexibility index (Phi) is 4.44. The van der Waals surface area contributed by atoms with E-state index in [2.05, 4.69) is 15.9 Å². The van der Waals surface area contributed by atoms with Gasteiger partial charge in [-0.2, -0.15) is 0 Å². The number of aliphatic hydroxyl groups excluding tert-OH is 1. The minimum Gasteiger partial charge on any atom is -0.481 e. The normalized spacial score (nSPS) is 14.5. The lowest BCUT2D eigenvalue weighted by molar-refractivity contribution is -0.139. The van der Waals surface area contributed by atoms with Crippen LogP contribution < -0.4 is 0 Å². The summed E-state index contributed by atoms with van der Waals surface area (Å²) in [5, 5.41) is 18.5. The van der Waals surface area contributed by atoms with E-state index in [-0.39, 0.29) is 6.42 Å². The summed E-state index contributed by atoms with van der Waals surface area (Å²) in [4.78, 5) is 10.5. The molecule has 5 heteroatoms. The molecule has 1 aromatic rings. The Morgan fingerprint density at radius 2 is 2.19 bits per heavy atom. The van der Waals surface area contributed by atoms with Crippen molar-refractivity contribution in [2.75, 3.05) is 0 Å². The van der Waals surface area contributed by atoms with Crippen LogP contribution in [0.25, 0.3) is 0 Å². The predicted octanol–water partition coefficient (Wildman–Crippen LogP) is 2.73. The molecule has 0 amide bonds. The van der Waals surface area contributed by atoms with Gasteiger partial charge in [0.1, 0.15) is 5.82 Å². The van der Waals surface area contributed by atoms with Gasteiger partial charge < -0.3 is 10.2 Å². The first kappa shape index (κ1) is 13.1. The van der Waals surface area contributed by atoms with E-state index in [1.807, 2.05) is 0 Å². The van der Waals surface area contributed by atoms with Crippen molar-refractivity contribution in [3.05, 3.63) is 34.1 Å². The molecule has 0 radical (unpaired) electrons. The zero-order chi connectivity index (χ0) is 12.3. The van der Waals surface area contributed by atoms with E-state index in [1.54, 1.807) is 6.92 Å². The fourth-order valence-corrected chi connectivity index (χ4v) is 2.02. The van der Waals surface area contributed by atoms with Crippen molar-refractivity contribution in [3.63, 3.8) is 0 Å². The summed E-state index contributed by atoms with van der Waals surface area (Å²) in [6, 6.07) is 3.92. The first-order chi connectivity index (χ1) is 7.41. The van der Waals surface area contributed by atoms with E-state index in [1.165, 1.54) is 18.2 Å². The molecule has 3 nitrogen and oxygen atoms in total. The summed E-state index contributed by atoms with van der Waals surface area (Å²) in [5.74, 6) is -1.81. The molecule has 0 aliphatic heterocycles. The molecule has 1 aromatic carbocycles. The Labute approximate surface area is 101 Å². The van der Waals surface area contributed by atoms with Gasteiger partial charge in [0.15, 0.2) is 0 Å². The number of hydrogen-bond acceptors (Lipinski definition) is 2. The van der Waals surface area contributed by atoms with E-state index in [0.717, 1.165) is 0 Å². The summed E-state index contributed by atoms with van der Waals surface area (Å²) in [6.45, 7) is 1.63. The third-order valence-electron chi connectivity index (χ3n) is 2.32. The summed E-state index contributed by atoms with van der Waals surface area (Å²) in [5.41, 5.74) is 0.496. The van der Waals surface area contributed by atoms with Crippen molar-refractivity contribution < 1.29 is 19.4 Å². The lowest BCUT2D eigenvalue weighted by Gasteiger charge is -2.18. The number of aliphatic carboxylic acids is 1. The molecule has 0 saturated carbocycles. The van der Waals surface area contributed by atoms with Crippen molar-refractivity contribution >= 4 is 21.9 Å². The second-order valence-corrected chi connectivity index (χ2v) is 4.54. The molecule has 2 N–H and O–H groups in total. The zero-order valence-corrected chi connectivity index (χ0v) is 10.2.